The lowest BCUT2D eigenvalue weighted by Gasteiger charge is -2.27. The number of hydrogen-bond donors (Lipinski definition) is 2. The van der Waals surface area contributed by atoms with Crippen LogP contribution in [0.2, 0.25) is 0 Å². The molecule has 0 fully saturated rings. The number of amides is 1. The number of nitrogens with one attached hydrogen (secondary N) is 1. The van der Waals surface area contributed by atoms with Gasteiger partial charge in [0.25, 0.3) is 0 Å². The highest BCUT2D eigenvalue weighted by Gasteiger charge is 2.19. The molecule has 0 radical (unpaired) electrons. The van der Waals surface area contributed by atoms with Crippen LogP contribution in [0.3, 0.4) is 0 Å². The fourth-order valence-electron chi connectivity index (χ4n) is 2.88. The van der Waals surface area contributed by atoms with E-state index in [2.05, 4.69) is 5.32 Å². The molecule has 5 heteroatoms. The van der Waals surface area contributed by atoms with Gasteiger partial charge in [-0.25, -0.2) is 0 Å². The minimum atomic E-state index is -0.120. The Labute approximate surface area is 149 Å². The Kier molecular flexibility index (Phi) is 6.98. The Morgan fingerprint density at radius 2 is 1.96 bits per heavy atom. The Morgan fingerprint density at radius 3 is 2.60 bits per heavy atom. The van der Waals surface area contributed by atoms with E-state index >= 15 is 0 Å². The zero-order valence-electron chi connectivity index (χ0n) is 15.0. The summed E-state index contributed by atoms with van der Waals surface area (Å²) in [6.45, 7) is 2.25. The summed E-state index contributed by atoms with van der Waals surface area (Å²) in [5, 5.41) is 12.3. The van der Waals surface area contributed by atoms with Crippen molar-refractivity contribution in [2.75, 3.05) is 32.6 Å². The molecule has 0 bridgehead atoms. The number of likely N-dealkylation sites (N-methyl/N-ethyl adjacent to an activating group) is 1. The summed E-state index contributed by atoms with van der Waals surface area (Å²) in [6.07, 6.45) is 0.571. The molecule has 25 heavy (non-hydrogen) atoms. The molecule has 0 saturated carbocycles. The maximum Gasteiger partial charge on any atom is 0.238 e. The van der Waals surface area contributed by atoms with Crippen LogP contribution in [0.15, 0.2) is 48.5 Å². The Morgan fingerprint density at radius 1 is 1.24 bits per heavy atom. The van der Waals surface area contributed by atoms with E-state index in [4.69, 9.17) is 4.74 Å². The average Bonchev–Trinajstić information content (AvgIpc) is 2.60. The second-order valence-electron chi connectivity index (χ2n) is 6.11. The number of rotatable bonds is 8. The van der Waals surface area contributed by atoms with Crippen LogP contribution in [-0.4, -0.2) is 43.2 Å². The molecule has 5 nitrogen and oxygen atoms in total. The van der Waals surface area contributed by atoms with Gasteiger partial charge in [-0.2, -0.15) is 0 Å². The number of nitrogens with zero attached hydrogens (tertiary/aromatic N) is 1. The molecule has 0 aliphatic carbocycles. The molecular weight excluding hydrogens is 316 g/mol. The van der Waals surface area contributed by atoms with Crippen molar-refractivity contribution < 1.29 is 14.6 Å². The SMILES string of the molecule is COc1ccc(C)cc1NC(=O)CN(C)C(CCO)c1ccccc1. The van der Waals surface area contributed by atoms with Crippen LogP contribution in [0.5, 0.6) is 5.75 Å². The fourth-order valence-corrected chi connectivity index (χ4v) is 2.88. The van der Waals surface area contributed by atoms with E-state index in [-0.39, 0.29) is 25.1 Å². The normalized spacial score (nSPS) is 12.0. The second-order valence-corrected chi connectivity index (χ2v) is 6.11. The molecular formula is C20H26N2O3. The van der Waals surface area contributed by atoms with Crippen molar-refractivity contribution in [2.45, 2.75) is 19.4 Å². The summed E-state index contributed by atoms with van der Waals surface area (Å²) in [6, 6.07) is 15.6. The highest BCUT2D eigenvalue weighted by molar-refractivity contribution is 5.93. The molecule has 134 valence electrons. The van der Waals surface area contributed by atoms with E-state index in [0.29, 0.717) is 17.9 Å². The molecule has 2 aromatic rings. The summed E-state index contributed by atoms with van der Waals surface area (Å²) < 4.78 is 5.30. The zero-order valence-corrected chi connectivity index (χ0v) is 15.0. The van der Waals surface area contributed by atoms with Crippen molar-refractivity contribution in [1.82, 2.24) is 4.90 Å². The first-order chi connectivity index (χ1) is 12.0. The van der Waals surface area contributed by atoms with Crippen LogP contribution >= 0.6 is 0 Å². The first-order valence-electron chi connectivity index (χ1n) is 8.35. The van der Waals surface area contributed by atoms with Gasteiger partial charge >= 0.3 is 0 Å². The van der Waals surface area contributed by atoms with Crippen molar-refractivity contribution >= 4 is 11.6 Å². The molecule has 0 spiro atoms. The Balaban J connectivity index is 2.07. The minimum Gasteiger partial charge on any atom is -0.495 e. The molecule has 0 saturated heterocycles. The van der Waals surface area contributed by atoms with Gasteiger partial charge in [-0.3, -0.25) is 9.69 Å². The maximum atomic E-state index is 12.5. The number of methoxy groups -OCH3 is 1. The number of anilines is 1. The van der Waals surface area contributed by atoms with Crippen molar-refractivity contribution in [3.8, 4) is 5.75 Å². The topological polar surface area (TPSA) is 61.8 Å². The van der Waals surface area contributed by atoms with Crippen LogP contribution < -0.4 is 10.1 Å². The van der Waals surface area contributed by atoms with Gasteiger partial charge in [0, 0.05) is 12.6 Å². The first kappa shape index (κ1) is 19.0. The molecule has 1 unspecified atom stereocenters. The Hall–Kier alpha value is -2.37. The predicted octanol–water partition coefficient (Wildman–Crippen LogP) is 3.00. The van der Waals surface area contributed by atoms with Gasteiger partial charge in [-0.1, -0.05) is 36.4 Å². The van der Waals surface area contributed by atoms with Gasteiger partial charge in [0.1, 0.15) is 5.75 Å². The van der Waals surface area contributed by atoms with E-state index in [0.717, 1.165) is 11.1 Å². The van der Waals surface area contributed by atoms with Crippen molar-refractivity contribution in [1.29, 1.82) is 0 Å². The molecule has 0 heterocycles. The first-order valence-corrected chi connectivity index (χ1v) is 8.35. The maximum absolute atomic E-state index is 12.5. The summed E-state index contributed by atoms with van der Waals surface area (Å²) >= 11 is 0. The molecule has 2 aromatic carbocycles. The standard InChI is InChI=1S/C20H26N2O3/c1-15-9-10-19(25-3)17(13-15)21-20(24)14-22(2)18(11-12-23)16-7-5-4-6-8-16/h4-10,13,18,23H,11-12,14H2,1-3H3,(H,21,24). The quantitative estimate of drug-likeness (QED) is 0.774. The largest absolute Gasteiger partial charge is 0.495 e. The fraction of sp³-hybridized carbons (Fsp3) is 0.350. The summed E-state index contributed by atoms with van der Waals surface area (Å²) in [5.41, 5.74) is 2.80. The van der Waals surface area contributed by atoms with E-state index in [9.17, 15) is 9.90 Å². The molecule has 2 rings (SSSR count). The average molecular weight is 342 g/mol. The minimum absolute atomic E-state index is 0.0173. The van der Waals surface area contributed by atoms with E-state index in [1.807, 2.05) is 67.4 Å². The number of aliphatic hydroxyl groups excluding tert-OH is 1. The van der Waals surface area contributed by atoms with Crippen molar-refractivity contribution in [3.63, 3.8) is 0 Å². The number of carbonyl (C=O) groups is 1. The lowest BCUT2D eigenvalue weighted by Crippen LogP contribution is -2.34. The predicted molar refractivity (Wildman–Crippen MR) is 99.9 cm³/mol. The molecule has 1 atom stereocenters. The zero-order chi connectivity index (χ0) is 18.2. The number of hydrogen-bond acceptors (Lipinski definition) is 4. The molecule has 0 aromatic heterocycles. The third-order valence-electron chi connectivity index (χ3n) is 4.14. The summed E-state index contributed by atoms with van der Waals surface area (Å²) in [5.74, 6) is 0.516. The van der Waals surface area contributed by atoms with Crippen molar-refractivity contribution in [2.24, 2.45) is 0 Å². The van der Waals surface area contributed by atoms with Crippen molar-refractivity contribution in [3.05, 3.63) is 59.7 Å². The smallest absolute Gasteiger partial charge is 0.238 e. The molecule has 0 aliphatic rings. The van der Waals surface area contributed by atoms with E-state index in [1.54, 1.807) is 7.11 Å². The van der Waals surface area contributed by atoms with Gasteiger partial charge in [0.2, 0.25) is 5.91 Å². The van der Waals surface area contributed by atoms with Gasteiger partial charge in [-0.15, -0.1) is 0 Å². The molecule has 2 N–H and O–H groups in total. The highest BCUT2D eigenvalue weighted by Crippen LogP contribution is 2.26. The van der Waals surface area contributed by atoms with Crippen LogP contribution in [0, 0.1) is 6.92 Å². The van der Waals surface area contributed by atoms with Gasteiger partial charge < -0.3 is 15.2 Å². The summed E-state index contributed by atoms with van der Waals surface area (Å²) in [7, 11) is 3.47. The number of aryl methyl sites for hydroxylation is 1. The van der Waals surface area contributed by atoms with Gasteiger partial charge in [0.15, 0.2) is 0 Å². The van der Waals surface area contributed by atoms with Crippen LogP contribution in [0.25, 0.3) is 0 Å². The van der Waals surface area contributed by atoms with Crippen LogP contribution in [0.1, 0.15) is 23.6 Å². The lowest BCUT2D eigenvalue weighted by molar-refractivity contribution is -0.117. The number of ether oxygens (including phenoxy) is 1. The number of aliphatic hydroxyl groups is 1. The third kappa shape index (κ3) is 5.31. The number of benzene rings is 2. The highest BCUT2D eigenvalue weighted by atomic mass is 16.5. The van der Waals surface area contributed by atoms with Crippen LogP contribution in [-0.2, 0) is 4.79 Å². The van der Waals surface area contributed by atoms with E-state index < -0.39 is 0 Å². The Bertz CT molecular complexity index is 689. The molecule has 0 aliphatic heterocycles. The second kappa shape index (κ2) is 9.20. The summed E-state index contributed by atoms with van der Waals surface area (Å²) in [4.78, 5) is 14.4. The van der Waals surface area contributed by atoms with E-state index in [1.165, 1.54) is 0 Å². The lowest BCUT2D eigenvalue weighted by atomic mass is 10.0. The van der Waals surface area contributed by atoms with Crippen LogP contribution in [0.4, 0.5) is 5.69 Å². The molecule has 1 amide bonds. The van der Waals surface area contributed by atoms with Gasteiger partial charge in [0.05, 0.1) is 19.3 Å². The van der Waals surface area contributed by atoms with Gasteiger partial charge in [-0.05, 0) is 43.7 Å². The number of carbonyl (C=O) groups excluding carboxylic acids is 1. The monoisotopic (exact) mass is 342 g/mol. The third-order valence-corrected chi connectivity index (χ3v) is 4.14.